The minimum atomic E-state index is -0.525. The largest absolute Gasteiger partial charge is 0.447 e. The van der Waals surface area contributed by atoms with Crippen LogP contribution in [0.3, 0.4) is 0 Å². The van der Waals surface area contributed by atoms with E-state index in [-0.39, 0.29) is 12.5 Å². The summed E-state index contributed by atoms with van der Waals surface area (Å²) >= 11 is 0. The summed E-state index contributed by atoms with van der Waals surface area (Å²) in [4.78, 5) is 23.9. The van der Waals surface area contributed by atoms with Crippen molar-refractivity contribution in [3.05, 3.63) is 29.8 Å². The number of hydrogen-bond donors (Lipinski definition) is 2. The average Bonchev–Trinajstić information content (AvgIpc) is 2.60. The zero-order chi connectivity index (χ0) is 17.9. The smallest absolute Gasteiger partial charge is 0.411 e. The summed E-state index contributed by atoms with van der Waals surface area (Å²) in [6.45, 7) is 3.07. The van der Waals surface area contributed by atoms with Crippen LogP contribution in [0.4, 0.5) is 10.5 Å². The van der Waals surface area contributed by atoms with E-state index < -0.39 is 6.09 Å². The summed E-state index contributed by atoms with van der Waals surface area (Å²) in [5.74, 6) is 0.0309. The minimum absolute atomic E-state index is 0.0309. The summed E-state index contributed by atoms with van der Waals surface area (Å²) in [5.41, 5.74) is 1.48. The Morgan fingerprint density at radius 3 is 2.72 bits per heavy atom. The van der Waals surface area contributed by atoms with E-state index in [0.717, 1.165) is 18.4 Å². The van der Waals surface area contributed by atoms with Gasteiger partial charge in [-0.25, -0.2) is 4.79 Å². The standard InChI is InChI=1S/C19H28N2O4/c1-2-24-11-12-25-19(23)21-17-10-6-7-15(13-17)14-18(22)20-16-8-4-3-5-9-16/h6-7,10,13,16H,2-5,8-9,11-12,14H2,1H3,(H,20,22)(H,21,23). The van der Waals surface area contributed by atoms with Crippen LogP contribution in [0.1, 0.15) is 44.6 Å². The van der Waals surface area contributed by atoms with Gasteiger partial charge in [0.25, 0.3) is 0 Å². The van der Waals surface area contributed by atoms with Crippen molar-refractivity contribution in [2.75, 3.05) is 25.1 Å². The van der Waals surface area contributed by atoms with Crippen LogP contribution in [0.15, 0.2) is 24.3 Å². The van der Waals surface area contributed by atoms with Crippen LogP contribution >= 0.6 is 0 Å². The predicted octanol–water partition coefficient (Wildman–Crippen LogP) is 3.26. The highest BCUT2D eigenvalue weighted by Crippen LogP contribution is 2.18. The SMILES string of the molecule is CCOCCOC(=O)Nc1cccc(CC(=O)NC2CCCCC2)c1. The third-order valence-corrected chi connectivity index (χ3v) is 4.17. The van der Waals surface area contributed by atoms with Gasteiger partial charge in [0.15, 0.2) is 0 Å². The van der Waals surface area contributed by atoms with Gasteiger partial charge in [0.2, 0.25) is 5.91 Å². The molecular formula is C19H28N2O4. The molecular weight excluding hydrogens is 320 g/mol. The number of rotatable bonds is 8. The van der Waals surface area contributed by atoms with Crippen LogP contribution in [0.5, 0.6) is 0 Å². The highest BCUT2D eigenvalue weighted by atomic mass is 16.6. The summed E-state index contributed by atoms with van der Waals surface area (Å²) in [6.07, 6.45) is 5.57. The highest BCUT2D eigenvalue weighted by Gasteiger charge is 2.15. The number of carbonyl (C=O) groups excluding carboxylic acids is 2. The van der Waals surface area contributed by atoms with Crippen LogP contribution < -0.4 is 10.6 Å². The Hall–Kier alpha value is -2.08. The van der Waals surface area contributed by atoms with Crippen molar-refractivity contribution in [3.63, 3.8) is 0 Å². The first-order valence-corrected chi connectivity index (χ1v) is 9.07. The zero-order valence-corrected chi connectivity index (χ0v) is 14.9. The Kier molecular flexibility index (Phi) is 8.25. The molecule has 2 amide bonds. The first-order valence-electron chi connectivity index (χ1n) is 9.07. The molecule has 1 aliphatic rings. The van der Waals surface area contributed by atoms with Gasteiger partial charge >= 0.3 is 6.09 Å². The summed E-state index contributed by atoms with van der Waals surface area (Å²) in [7, 11) is 0. The minimum Gasteiger partial charge on any atom is -0.447 e. The Bertz CT molecular complexity index is 556. The lowest BCUT2D eigenvalue weighted by molar-refractivity contribution is -0.121. The molecule has 1 aromatic carbocycles. The van der Waals surface area contributed by atoms with E-state index in [1.54, 1.807) is 12.1 Å². The molecule has 6 nitrogen and oxygen atoms in total. The molecule has 0 heterocycles. The Morgan fingerprint density at radius 2 is 1.96 bits per heavy atom. The van der Waals surface area contributed by atoms with Crippen molar-refractivity contribution >= 4 is 17.7 Å². The number of ether oxygens (including phenoxy) is 2. The van der Waals surface area contributed by atoms with Crippen molar-refractivity contribution in [1.29, 1.82) is 0 Å². The Labute approximate surface area is 149 Å². The lowest BCUT2D eigenvalue weighted by Gasteiger charge is -2.22. The van der Waals surface area contributed by atoms with Gasteiger partial charge in [-0.1, -0.05) is 31.4 Å². The van der Waals surface area contributed by atoms with Crippen LogP contribution in [-0.4, -0.2) is 37.9 Å². The van der Waals surface area contributed by atoms with Crippen molar-refractivity contribution < 1.29 is 19.1 Å². The molecule has 0 aromatic heterocycles. The molecule has 0 aliphatic heterocycles. The van der Waals surface area contributed by atoms with Gasteiger partial charge in [0.05, 0.1) is 13.0 Å². The number of benzene rings is 1. The molecule has 0 unspecified atom stereocenters. The van der Waals surface area contributed by atoms with E-state index in [0.29, 0.717) is 31.4 Å². The van der Waals surface area contributed by atoms with Crippen molar-refractivity contribution in [3.8, 4) is 0 Å². The van der Waals surface area contributed by atoms with Gasteiger partial charge in [-0.05, 0) is 37.5 Å². The Balaban J connectivity index is 1.77. The number of carbonyl (C=O) groups is 2. The summed E-state index contributed by atoms with van der Waals surface area (Å²) in [5, 5.41) is 5.77. The second-order valence-electron chi connectivity index (χ2n) is 6.24. The normalized spacial score (nSPS) is 14.8. The lowest BCUT2D eigenvalue weighted by Crippen LogP contribution is -2.37. The highest BCUT2D eigenvalue weighted by molar-refractivity contribution is 5.85. The van der Waals surface area contributed by atoms with Crippen LogP contribution in [-0.2, 0) is 20.7 Å². The van der Waals surface area contributed by atoms with E-state index in [9.17, 15) is 9.59 Å². The van der Waals surface area contributed by atoms with Crippen molar-refractivity contribution in [2.24, 2.45) is 0 Å². The fourth-order valence-corrected chi connectivity index (χ4v) is 2.96. The number of hydrogen-bond acceptors (Lipinski definition) is 4. The van der Waals surface area contributed by atoms with E-state index in [2.05, 4.69) is 10.6 Å². The van der Waals surface area contributed by atoms with Gasteiger partial charge < -0.3 is 14.8 Å². The second-order valence-corrected chi connectivity index (χ2v) is 6.24. The van der Waals surface area contributed by atoms with Crippen molar-refractivity contribution in [2.45, 2.75) is 51.5 Å². The third kappa shape index (κ3) is 7.56. The summed E-state index contributed by atoms with van der Waals surface area (Å²) < 4.78 is 10.1. The fourth-order valence-electron chi connectivity index (χ4n) is 2.96. The molecule has 1 aliphatic carbocycles. The molecule has 1 fully saturated rings. The number of nitrogens with one attached hydrogen (secondary N) is 2. The maximum atomic E-state index is 12.2. The lowest BCUT2D eigenvalue weighted by atomic mass is 9.95. The van der Waals surface area contributed by atoms with Crippen LogP contribution in [0.2, 0.25) is 0 Å². The monoisotopic (exact) mass is 348 g/mol. The van der Waals surface area contributed by atoms with Gasteiger partial charge in [0.1, 0.15) is 6.61 Å². The predicted molar refractivity (Wildman–Crippen MR) is 96.6 cm³/mol. The second kappa shape index (κ2) is 10.7. The summed E-state index contributed by atoms with van der Waals surface area (Å²) in [6, 6.07) is 7.57. The van der Waals surface area contributed by atoms with Gasteiger partial charge in [-0.2, -0.15) is 0 Å². The maximum absolute atomic E-state index is 12.2. The molecule has 0 atom stereocenters. The molecule has 2 N–H and O–H groups in total. The van der Waals surface area contributed by atoms with E-state index >= 15 is 0 Å². The molecule has 6 heteroatoms. The molecule has 0 saturated heterocycles. The van der Waals surface area contributed by atoms with Crippen LogP contribution in [0.25, 0.3) is 0 Å². The molecule has 0 spiro atoms. The molecule has 1 aromatic rings. The van der Waals surface area contributed by atoms with Gasteiger partial charge in [-0.3, -0.25) is 10.1 Å². The van der Waals surface area contributed by atoms with E-state index in [1.165, 1.54) is 19.3 Å². The van der Waals surface area contributed by atoms with Gasteiger partial charge in [-0.15, -0.1) is 0 Å². The maximum Gasteiger partial charge on any atom is 0.411 e. The first-order chi connectivity index (χ1) is 12.2. The molecule has 2 rings (SSSR count). The fraction of sp³-hybridized carbons (Fsp3) is 0.579. The molecule has 25 heavy (non-hydrogen) atoms. The number of anilines is 1. The zero-order valence-electron chi connectivity index (χ0n) is 14.9. The van der Waals surface area contributed by atoms with Gasteiger partial charge in [0, 0.05) is 18.3 Å². The molecule has 0 bridgehead atoms. The first kappa shape index (κ1) is 19.2. The number of amides is 2. The molecule has 138 valence electrons. The Morgan fingerprint density at radius 1 is 1.16 bits per heavy atom. The van der Waals surface area contributed by atoms with Crippen LogP contribution in [0, 0.1) is 0 Å². The topological polar surface area (TPSA) is 76.7 Å². The average molecular weight is 348 g/mol. The quantitative estimate of drug-likeness (QED) is 0.707. The third-order valence-electron chi connectivity index (χ3n) is 4.17. The molecule has 1 saturated carbocycles. The van der Waals surface area contributed by atoms with E-state index in [1.807, 2.05) is 19.1 Å². The van der Waals surface area contributed by atoms with Crippen molar-refractivity contribution in [1.82, 2.24) is 5.32 Å². The van der Waals surface area contributed by atoms with E-state index in [4.69, 9.17) is 9.47 Å². The molecule has 0 radical (unpaired) electrons.